The van der Waals surface area contributed by atoms with Gasteiger partial charge in [-0.05, 0) is 44.6 Å². The van der Waals surface area contributed by atoms with Crippen molar-refractivity contribution < 1.29 is 13.2 Å². The molecule has 0 saturated carbocycles. The van der Waals surface area contributed by atoms with E-state index >= 15 is 0 Å². The summed E-state index contributed by atoms with van der Waals surface area (Å²) in [6, 6.07) is 0. The molecule has 0 spiro atoms. The van der Waals surface area contributed by atoms with E-state index in [1.807, 2.05) is 0 Å². The van der Waals surface area contributed by atoms with Crippen molar-refractivity contribution in [3.8, 4) is 0 Å². The van der Waals surface area contributed by atoms with Gasteiger partial charge in [-0.25, -0.2) is 12.7 Å². The Morgan fingerprint density at radius 3 is 2.62 bits per heavy atom. The SMILES string of the molecule is CCCN(C[C@H]1CCN(S(C)(=O)=O)C1)C[C@H]1CCCCO1. The molecular formula is C15H30N2O3S. The van der Waals surface area contributed by atoms with Crippen molar-refractivity contribution >= 4 is 10.0 Å². The summed E-state index contributed by atoms with van der Waals surface area (Å²) in [5, 5.41) is 0. The largest absolute Gasteiger partial charge is 0.377 e. The second-order valence-corrected chi connectivity index (χ2v) is 8.51. The molecule has 0 aliphatic carbocycles. The Morgan fingerprint density at radius 2 is 2.05 bits per heavy atom. The minimum Gasteiger partial charge on any atom is -0.377 e. The molecular weight excluding hydrogens is 288 g/mol. The maximum atomic E-state index is 11.6. The maximum absolute atomic E-state index is 11.6. The zero-order valence-corrected chi connectivity index (χ0v) is 14.3. The summed E-state index contributed by atoms with van der Waals surface area (Å²) in [6.45, 7) is 7.55. The highest BCUT2D eigenvalue weighted by Gasteiger charge is 2.30. The first-order chi connectivity index (χ1) is 9.99. The molecule has 0 amide bonds. The van der Waals surface area contributed by atoms with Crippen LogP contribution in [0.5, 0.6) is 0 Å². The lowest BCUT2D eigenvalue weighted by atomic mass is 10.1. The molecule has 2 aliphatic rings. The van der Waals surface area contributed by atoms with E-state index in [0.29, 0.717) is 25.1 Å². The fourth-order valence-electron chi connectivity index (χ4n) is 3.43. The number of hydrogen-bond donors (Lipinski definition) is 0. The minimum atomic E-state index is -3.02. The Kier molecular flexibility index (Phi) is 6.47. The molecule has 6 heteroatoms. The van der Waals surface area contributed by atoms with Gasteiger partial charge in [0.15, 0.2) is 0 Å². The summed E-state index contributed by atoms with van der Waals surface area (Å²) in [4.78, 5) is 2.48. The average Bonchev–Trinajstić information content (AvgIpc) is 2.89. The zero-order chi connectivity index (χ0) is 15.3. The van der Waals surface area contributed by atoms with Gasteiger partial charge in [0.2, 0.25) is 10.0 Å². The molecule has 2 atom stereocenters. The molecule has 21 heavy (non-hydrogen) atoms. The highest BCUT2D eigenvalue weighted by Crippen LogP contribution is 2.21. The molecule has 0 aromatic rings. The normalized spacial score (nSPS) is 28.3. The lowest BCUT2D eigenvalue weighted by Crippen LogP contribution is -2.39. The molecule has 124 valence electrons. The van der Waals surface area contributed by atoms with E-state index in [-0.39, 0.29) is 0 Å². The van der Waals surface area contributed by atoms with E-state index in [0.717, 1.165) is 39.1 Å². The number of hydrogen-bond acceptors (Lipinski definition) is 4. The van der Waals surface area contributed by atoms with Crippen molar-refractivity contribution in [2.45, 2.75) is 45.1 Å². The first kappa shape index (κ1) is 17.2. The van der Waals surface area contributed by atoms with Gasteiger partial charge in [-0.15, -0.1) is 0 Å². The first-order valence-electron chi connectivity index (χ1n) is 8.28. The molecule has 0 radical (unpaired) electrons. The van der Waals surface area contributed by atoms with Crippen molar-refractivity contribution in [3.63, 3.8) is 0 Å². The quantitative estimate of drug-likeness (QED) is 0.715. The molecule has 2 rings (SSSR count). The highest BCUT2D eigenvalue weighted by molar-refractivity contribution is 7.88. The van der Waals surface area contributed by atoms with Crippen LogP contribution in [-0.4, -0.2) is 69.3 Å². The van der Waals surface area contributed by atoms with Gasteiger partial charge in [-0.1, -0.05) is 6.92 Å². The standard InChI is InChI=1S/C15H30N2O3S/c1-3-8-16(13-15-6-4-5-10-20-15)11-14-7-9-17(12-14)21(2,18)19/h14-15H,3-13H2,1-2H3/t14-,15-/m1/s1. The van der Waals surface area contributed by atoms with Crippen LogP contribution in [0.4, 0.5) is 0 Å². The lowest BCUT2D eigenvalue weighted by molar-refractivity contribution is -0.00783. The van der Waals surface area contributed by atoms with Gasteiger partial charge in [0.05, 0.1) is 12.4 Å². The third-order valence-electron chi connectivity index (χ3n) is 4.51. The number of nitrogens with zero attached hydrogens (tertiary/aromatic N) is 2. The molecule has 2 fully saturated rings. The monoisotopic (exact) mass is 318 g/mol. The minimum absolute atomic E-state index is 0.373. The van der Waals surface area contributed by atoms with E-state index in [2.05, 4.69) is 11.8 Å². The maximum Gasteiger partial charge on any atom is 0.211 e. The smallest absolute Gasteiger partial charge is 0.211 e. The van der Waals surface area contributed by atoms with Crippen LogP contribution in [-0.2, 0) is 14.8 Å². The third kappa shape index (κ3) is 5.51. The van der Waals surface area contributed by atoms with Gasteiger partial charge in [0.25, 0.3) is 0 Å². The van der Waals surface area contributed by atoms with Crippen molar-refractivity contribution in [3.05, 3.63) is 0 Å². The summed E-state index contributed by atoms with van der Waals surface area (Å²) in [5.74, 6) is 0.467. The summed E-state index contributed by atoms with van der Waals surface area (Å²) in [5.41, 5.74) is 0. The second kappa shape index (κ2) is 7.90. The molecule has 2 aliphatic heterocycles. The summed E-state index contributed by atoms with van der Waals surface area (Å²) < 4.78 is 30.7. The van der Waals surface area contributed by atoms with E-state index < -0.39 is 10.0 Å². The summed E-state index contributed by atoms with van der Waals surface area (Å²) in [6.07, 6.45) is 7.44. The predicted octanol–water partition coefficient (Wildman–Crippen LogP) is 1.55. The van der Waals surface area contributed by atoms with Gasteiger partial charge in [0, 0.05) is 32.8 Å². The van der Waals surface area contributed by atoms with E-state index in [4.69, 9.17) is 4.74 Å². The number of rotatable bonds is 7. The second-order valence-electron chi connectivity index (χ2n) is 6.52. The molecule has 0 N–H and O–H groups in total. The van der Waals surface area contributed by atoms with Gasteiger partial charge >= 0.3 is 0 Å². The van der Waals surface area contributed by atoms with E-state index in [1.165, 1.54) is 25.5 Å². The third-order valence-corrected chi connectivity index (χ3v) is 5.78. The van der Waals surface area contributed by atoms with Crippen LogP contribution in [0.1, 0.15) is 39.0 Å². The molecule has 5 nitrogen and oxygen atoms in total. The topological polar surface area (TPSA) is 49.9 Å². The van der Waals surface area contributed by atoms with Gasteiger partial charge in [-0.3, -0.25) is 0 Å². The lowest BCUT2D eigenvalue weighted by Gasteiger charge is -2.31. The Bertz CT molecular complexity index is 407. The molecule has 0 aromatic carbocycles. The van der Waals surface area contributed by atoms with E-state index in [1.54, 1.807) is 4.31 Å². The number of sulfonamides is 1. The Labute approximate surface area is 129 Å². The van der Waals surface area contributed by atoms with Crippen LogP contribution in [0.2, 0.25) is 0 Å². The Balaban J connectivity index is 1.82. The van der Waals surface area contributed by atoms with Gasteiger partial charge in [-0.2, -0.15) is 0 Å². The average molecular weight is 318 g/mol. The van der Waals surface area contributed by atoms with E-state index in [9.17, 15) is 8.42 Å². The Morgan fingerprint density at radius 1 is 1.24 bits per heavy atom. The molecule has 2 heterocycles. The zero-order valence-electron chi connectivity index (χ0n) is 13.5. The van der Waals surface area contributed by atoms with Crippen LogP contribution in [0.15, 0.2) is 0 Å². The fraction of sp³-hybridized carbons (Fsp3) is 1.00. The van der Waals surface area contributed by atoms with Crippen LogP contribution >= 0.6 is 0 Å². The predicted molar refractivity (Wildman–Crippen MR) is 84.8 cm³/mol. The van der Waals surface area contributed by atoms with Crippen molar-refractivity contribution in [2.75, 3.05) is 45.6 Å². The van der Waals surface area contributed by atoms with Crippen molar-refractivity contribution in [2.24, 2.45) is 5.92 Å². The van der Waals surface area contributed by atoms with Gasteiger partial charge in [0.1, 0.15) is 0 Å². The summed E-state index contributed by atoms with van der Waals surface area (Å²) >= 11 is 0. The molecule has 0 aromatic heterocycles. The van der Waals surface area contributed by atoms with Crippen molar-refractivity contribution in [1.82, 2.24) is 9.21 Å². The van der Waals surface area contributed by atoms with Crippen LogP contribution in [0.25, 0.3) is 0 Å². The number of ether oxygens (including phenoxy) is 1. The van der Waals surface area contributed by atoms with Crippen LogP contribution in [0, 0.1) is 5.92 Å². The Hall–Kier alpha value is -0.170. The van der Waals surface area contributed by atoms with Crippen molar-refractivity contribution in [1.29, 1.82) is 0 Å². The molecule has 0 unspecified atom stereocenters. The molecule has 2 saturated heterocycles. The highest BCUT2D eigenvalue weighted by atomic mass is 32.2. The fourth-order valence-corrected chi connectivity index (χ4v) is 4.34. The first-order valence-corrected chi connectivity index (χ1v) is 10.1. The van der Waals surface area contributed by atoms with Crippen LogP contribution in [0.3, 0.4) is 0 Å². The molecule has 0 bridgehead atoms. The van der Waals surface area contributed by atoms with Gasteiger partial charge < -0.3 is 9.64 Å². The summed E-state index contributed by atoms with van der Waals surface area (Å²) in [7, 11) is -3.02. The van der Waals surface area contributed by atoms with Crippen LogP contribution < -0.4 is 0 Å².